The minimum Gasteiger partial charge on any atom is -0.484 e. The number of amides is 1. The first-order valence-corrected chi connectivity index (χ1v) is 10.7. The van der Waals surface area contributed by atoms with Gasteiger partial charge in [-0.2, -0.15) is 0 Å². The summed E-state index contributed by atoms with van der Waals surface area (Å²) in [5.41, 5.74) is -0.218. The van der Waals surface area contributed by atoms with Crippen molar-refractivity contribution in [3.05, 3.63) is 53.5 Å². The van der Waals surface area contributed by atoms with E-state index in [0.717, 1.165) is 24.2 Å². The summed E-state index contributed by atoms with van der Waals surface area (Å²) in [7, 11) is 0. The molecule has 0 spiro atoms. The first-order chi connectivity index (χ1) is 14.9. The number of benzene rings is 1. The lowest BCUT2D eigenvalue weighted by atomic mass is 10.0. The van der Waals surface area contributed by atoms with Gasteiger partial charge in [-0.25, -0.2) is 4.99 Å². The lowest BCUT2D eigenvalue weighted by Crippen LogP contribution is -2.44. The van der Waals surface area contributed by atoms with E-state index >= 15 is 0 Å². The SMILES string of the molecule is CCNC(=NCc1cccc(OCC(=O)NC2CC2)c1)NCC(C)(O)c1ccc(C)o1. The molecule has 0 aliphatic heterocycles. The van der Waals surface area contributed by atoms with E-state index in [1.54, 1.807) is 13.0 Å². The van der Waals surface area contributed by atoms with Crippen LogP contribution in [-0.2, 0) is 16.9 Å². The van der Waals surface area contributed by atoms with E-state index in [9.17, 15) is 9.90 Å². The predicted molar refractivity (Wildman–Crippen MR) is 119 cm³/mol. The third kappa shape index (κ3) is 7.32. The normalized spacial score (nSPS) is 15.8. The van der Waals surface area contributed by atoms with E-state index in [0.29, 0.717) is 36.6 Å². The molecule has 1 atom stereocenters. The van der Waals surface area contributed by atoms with E-state index in [1.165, 1.54) is 0 Å². The smallest absolute Gasteiger partial charge is 0.258 e. The molecule has 1 unspecified atom stereocenters. The molecule has 31 heavy (non-hydrogen) atoms. The number of hydrogen-bond acceptors (Lipinski definition) is 5. The maximum atomic E-state index is 11.8. The number of aryl methyl sites for hydroxylation is 1. The molecule has 4 N–H and O–H groups in total. The monoisotopic (exact) mass is 428 g/mol. The number of guanidine groups is 1. The molecule has 1 amide bonds. The van der Waals surface area contributed by atoms with Crippen LogP contribution in [0, 0.1) is 6.92 Å². The van der Waals surface area contributed by atoms with Crippen LogP contribution >= 0.6 is 0 Å². The predicted octanol–water partition coefficient (Wildman–Crippen LogP) is 2.21. The Balaban J connectivity index is 1.54. The zero-order valence-corrected chi connectivity index (χ0v) is 18.4. The Labute approximate surface area is 183 Å². The molecule has 0 radical (unpaired) electrons. The fraction of sp³-hybridized carbons (Fsp3) is 0.478. The molecule has 1 aliphatic carbocycles. The summed E-state index contributed by atoms with van der Waals surface area (Å²) in [5, 5.41) is 20.0. The highest BCUT2D eigenvalue weighted by Crippen LogP contribution is 2.22. The molecular weight excluding hydrogens is 396 g/mol. The van der Waals surface area contributed by atoms with Crippen LogP contribution in [0.5, 0.6) is 5.75 Å². The second-order valence-corrected chi connectivity index (χ2v) is 8.01. The van der Waals surface area contributed by atoms with E-state index in [1.807, 2.05) is 44.2 Å². The van der Waals surface area contributed by atoms with Crippen LogP contribution < -0.4 is 20.7 Å². The van der Waals surface area contributed by atoms with Crippen LogP contribution in [0.25, 0.3) is 0 Å². The number of furan rings is 1. The number of aliphatic imine (C=N–C) groups is 1. The third-order valence-electron chi connectivity index (χ3n) is 4.85. The first-order valence-electron chi connectivity index (χ1n) is 10.7. The summed E-state index contributed by atoms with van der Waals surface area (Å²) in [6.45, 7) is 6.88. The Morgan fingerprint density at radius 1 is 1.29 bits per heavy atom. The number of nitrogens with zero attached hydrogens (tertiary/aromatic N) is 1. The summed E-state index contributed by atoms with van der Waals surface area (Å²) in [6.07, 6.45) is 2.11. The van der Waals surface area contributed by atoms with Crippen LogP contribution in [-0.4, -0.2) is 42.7 Å². The zero-order chi connectivity index (χ0) is 22.3. The molecule has 1 fully saturated rings. The fourth-order valence-electron chi connectivity index (χ4n) is 2.96. The van der Waals surface area contributed by atoms with E-state index in [2.05, 4.69) is 20.9 Å². The first kappa shape index (κ1) is 22.7. The fourth-order valence-corrected chi connectivity index (χ4v) is 2.96. The van der Waals surface area contributed by atoms with Gasteiger partial charge in [-0.3, -0.25) is 4.79 Å². The highest BCUT2D eigenvalue weighted by Gasteiger charge is 2.27. The Bertz CT molecular complexity index is 902. The van der Waals surface area contributed by atoms with Crippen molar-refractivity contribution < 1.29 is 19.1 Å². The molecule has 1 aromatic heterocycles. The van der Waals surface area contributed by atoms with Gasteiger partial charge in [0.2, 0.25) is 0 Å². The van der Waals surface area contributed by atoms with Gasteiger partial charge in [0.1, 0.15) is 22.9 Å². The standard InChI is InChI=1S/C23H32N4O4/c1-4-24-22(26-15-23(3,29)20-11-8-16(2)31-20)25-13-17-6-5-7-19(12-17)30-14-21(28)27-18-9-10-18/h5-8,11-12,18,29H,4,9-10,13-15H2,1-3H3,(H,27,28)(H2,24,25,26). The lowest BCUT2D eigenvalue weighted by molar-refractivity contribution is -0.123. The van der Waals surface area contributed by atoms with E-state index < -0.39 is 5.60 Å². The Kier molecular flexibility index (Phi) is 7.57. The molecule has 168 valence electrons. The van der Waals surface area contributed by atoms with Gasteiger partial charge in [0.05, 0.1) is 13.1 Å². The number of nitrogens with one attached hydrogen (secondary N) is 3. The summed E-state index contributed by atoms with van der Waals surface area (Å²) in [6, 6.07) is 11.5. The van der Waals surface area contributed by atoms with Gasteiger partial charge in [-0.1, -0.05) is 12.1 Å². The summed E-state index contributed by atoms with van der Waals surface area (Å²) >= 11 is 0. The van der Waals surface area contributed by atoms with Crippen molar-refractivity contribution in [3.8, 4) is 5.75 Å². The molecule has 1 aliphatic rings. The topological polar surface area (TPSA) is 108 Å². The summed E-state index contributed by atoms with van der Waals surface area (Å²) < 4.78 is 11.2. The molecule has 1 saturated carbocycles. The Hall–Kier alpha value is -3.00. The Morgan fingerprint density at radius 3 is 2.77 bits per heavy atom. The van der Waals surface area contributed by atoms with E-state index in [-0.39, 0.29) is 19.1 Å². The van der Waals surface area contributed by atoms with Crippen molar-refractivity contribution in [2.75, 3.05) is 19.7 Å². The van der Waals surface area contributed by atoms with Crippen LogP contribution in [0.15, 0.2) is 45.8 Å². The van der Waals surface area contributed by atoms with Crippen molar-refractivity contribution in [1.29, 1.82) is 0 Å². The number of carbonyl (C=O) groups excluding carboxylic acids is 1. The van der Waals surface area contributed by atoms with Gasteiger partial charge < -0.3 is 30.2 Å². The van der Waals surface area contributed by atoms with Gasteiger partial charge >= 0.3 is 0 Å². The summed E-state index contributed by atoms with van der Waals surface area (Å²) in [4.78, 5) is 16.4. The minimum absolute atomic E-state index is 0.00868. The second-order valence-electron chi connectivity index (χ2n) is 8.01. The molecule has 1 aromatic carbocycles. The highest BCUT2D eigenvalue weighted by molar-refractivity contribution is 5.80. The number of hydrogen-bond donors (Lipinski definition) is 4. The second kappa shape index (κ2) is 10.3. The van der Waals surface area contributed by atoms with Crippen molar-refractivity contribution in [2.24, 2.45) is 4.99 Å². The maximum absolute atomic E-state index is 11.8. The molecule has 3 rings (SSSR count). The van der Waals surface area contributed by atoms with Gasteiger partial charge in [-0.05, 0) is 63.4 Å². The van der Waals surface area contributed by atoms with Gasteiger partial charge in [0, 0.05) is 12.6 Å². The quantitative estimate of drug-likeness (QED) is 0.341. The van der Waals surface area contributed by atoms with Crippen molar-refractivity contribution in [2.45, 2.75) is 51.8 Å². The molecule has 8 nitrogen and oxygen atoms in total. The van der Waals surface area contributed by atoms with Gasteiger partial charge in [0.15, 0.2) is 12.6 Å². The lowest BCUT2D eigenvalue weighted by Gasteiger charge is -2.22. The van der Waals surface area contributed by atoms with Gasteiger partial charge in [0.25, 0.3) is 5.91 Å². The largest absolute Gasteiger partial charge is 0.484 e. The average molecular weight is 429 g/mol. The number of aliphatic hydroxyl groups is 1. The third-order valence-corrected chi connectivity index (χ3v) is 4.85. The maximum Gasteiger partial charge on any atom is 0.258 e. The van der Waals surface area contributed by atoms with E-state index in [4.69, 9.17) is 9.15 Å². The van der Waals surface area contributed by atoms with Crippen LogP contribution in [0.2, 0.25) is 0 Å². The molecule has 2 aromatic rings. The Morgan fingerprint density at radius 2 is 2.10 bits per heavy atom. The van der Waals surface area contributed by atoms with Crippen LogP contribution in [0.3, 0.4) is 0 Å². The minimum atomic E-state index is -1.17. The van der Waals surface area contributed by atoms with Crippen LogP contribution in [0.1, 0.15) is 43.8 Å². The average Bonchev–Trinajstić information content (AvgIpc) is 3.44. The number of rotatable bonds is 10. The molecule has 8 heteroatoms. The zero-order valence-electron chi connectivity index (χ0n) is 18.4. The van der Waals surface area contributed by atoms with Crippen molar-refractivity contribution >= 4 is 11.9 Å². The van der Waals surface area contributed by atoms with Crippen molar-refractivity contribution in [1.82, 2.24) is 16.0 Å². The molecule has 0 saturated heterocycles. The molecular formula is C23H32N4O4. The summed E-state index contributed by atoms with van der Waals surface area (Å²) in [5.74, 6) is 2.38. The van der Waals surface area contributed by atoms with Crippen molar-refractivity contribution in [3.63, 3.8) is 0 Å². The molecule has 1 heterocycles. The number of ether oxygens (including phenoxy) is 1. The van der Waals surface area contributed by atoms with Crippen LogP contribution in [0.4, 0.5) is 0 Å². The molecule has 0 bridgehead atoms. The number of carbonyl (C=O) groups is 1. The van der Waals surface area contributed by atoms with Gasteiger partial charge in [-0.15, -0.1) is 0 Å². The highest BCUT2D eigenvalue weighted by atomic mass is 16.5.